The molecule has 7 heteroatoms. The molecule has 1 saturated heterocycles. The summed E-state index contributed by atoms with van der Waals surface area (Å²) in [6.45, 7) is 4.53. The minimum atomic E-state index is -4.87. The zero-order chi connectivity index (χ0) is 15.6. The number of hydrogen-bond acceptors (Lipinski definition) is 3. The summed E-state index contributed by atoms with van der Waals surface area (Å²) < 4.78 is 45.4. The molecule has 1 aromatic rings. The topological polar surface area (TPSA) is 44.1 Å². The number of rotatable bonds is 4. The van der Waals surface area contributed by atoms with E-state index in [1.807, 2.05) is 0 Å². The van der Waals surface area contributed by atoms with Crippen LogP contribution in [0.3, 0.4) is 0 Å². The summed E-state index contributed by atoms with van der Waals surface area (Å²) >= 11 is 0. The van der Waals surface area contributed by atoms with Gasteiger partial charge < -0.3 is 4.74 Å². The zero-order valence-corrected chi connectivity index (χ0v) is 12.2. The Balaban J connectivity index is 2.48. The number of halogens is 3. The Morgan fingerprint density at radius 3 is 2.57 bits per heavy atom. The van der Waals surface area contributed by atoms with Crippen molar-refractivity contribution < 1.29 is 22.7 Å². The van der Waals surface area contributed by atoms with Gasteiger partial charge in [0.1, 0.15) is 0 Å². The summed E-state index contributed by atoms with van der Waals surface area (Å²) in [5.74, 6) is -1.79. The molecule has 0 N–H and O–H groups in total. The molecule has 2 heterocycles. The van der Waals surface area contributed by atoms with Gasteiger partial charge in [0.25, 0.3) is 5.78 Å². The maximum absolute atomic E-state index is 12.8. The predicted octanol–water partition coefficient (Wildman–Crippen LogP) is 3.10. The molecule has 1 aliphatic heterocycles. The molecule has 0 bridgehead atoms. The number of ketones is 1. The standard InChI is InChI=1S/C14H19F3N2O2/c1-3-10-12(13(20)14(15,16)17)11(4-2)19(18-10)9-6-5-7-21-8-9/h9H,3-8H2,1-2H3. The number of Topliss-reactive ketones (excluding diaryl/α,β-unsaturated/α-hetero) is 1. The van der Waals surface area contributed by atoms with Gasteiger partial charge >= 0.3 is 6.18 Å². The lowest BCUT2D eigenvalue weighted by molar-refractivity contribution is -0.0886. The van der Waals surface area contributed by atoms with E-state index in [9.17, 15) is 18.0 Å². The zero-order valence-electron chi connectivity index (χ0n) is 12.2. The summed E-state index contributed by atoms with van der Waals surface area (Å²) in [5, 5.41) is 4.27. The van der Waals surface area contributed by atoms with Crippen molar-refractivity contribution in [3.05, 3.63) is 17.0 Å². The quantitative estimate of drug-likeness (QED) is 0.803. The minimum Gasteiger partial charge on any atom is -0.379 e. The Hall–Kier alpha value is -1.37. The third-order valence-electron chi connectivity index (χ3n) is 3.72. The fourth-order valence-corrected chi connectivity index (χ4v) is 2.73. The van der Waals surface area contributed by atoms with Crippen molar-refractivity contribution in [1.82, 2.24) is 9.78 Å². The summed E-state index contributed by atoms with van der Waals surface area (Å²) in [7, 11) is 0. The molecule has 1 unspecified atom stereocenters. The second kappa shape index (κ2) is 6.17. The van der Waals surface area contributed by atoms with Gasteiger partial charge in [-0.2, -0.15) is 18.3 Å². The molecule has 1 aromatic heterocycles. The second-order valence-electron chi connectivity index (χ2n) is 5.12. The van der Waals surface area contributed by atoms with Crippen LogP contribution in [0.25, 0.3) is 0 Å². The molecular weight excluding hydrogens is 285 g/mol. The van der Waals surface area contributed by atoms with Crippen LogP contribution in [0.5, 0.6) is 0 Å². The molecule has 0 aliphatic carbocycles. The first kappa shape index (κ1) is 16.0. The molecule has 1 atom stereocenters. The van der Waals surface area contributed by atoms with Crippen LogP contribution in [-0.2, 0) is 17.6 Å². The lowest BCUT2D eigenvalue weighted by atomic mass is 10.0. The molecule has 0 spiro atoms. The van der Waals surface area contributed by atoms with Gasteiger partial charge in [-0.05, 0) is 25.7 Å². The first-order valence-electron chi connectivity index (χ1n) is 7.19. The Morgan fingerprint density at radius 1 is 1.38 bits per heavy atom. The van der Waals surface area contributed by atoms with Crippen LogP contribution in [0.15, 0.2) is 0 Å². The highest BCUT2D eigenvalue weighted by Gasteiger charge is 2.43. The SMILES string of the molecule is CCc1nn(C2CCCOC2)c(CC)c1C(=O)C(F)(F)F. The summed E-state index contributed by atoms with van der Waals surface area (Å²) in [4.78, 5) is 11.7. The number of aromatic nitrogens is 2. The van der Waals surface area contributed by atoms with Crippen LogP contribution < -0.4 is 0 Å². The highest BCUT2D eigenvalue weighted by atomic mass is 19.4. The van der Waals surface area contributed by atoms with Crippen molar-refractivity contribution in [2.24, 2.45) is 0 Å². The van der Waals surface area contributed by atoms with Gasteiger partial charge in [-0.15, -0.1) is 0 Å². The van der Waals surface area contributed by atoms with Crippen molar-refractivity contribution in [3.63, 3.8) is 0 Å². The molecule has 0 aromatic carbocycles. The molecule has 1 fully saturated rings. The van der Waals surface area contributed by atoms with Crippen molar-refractivity contribution in [2.45, 2.75) is 51.7 Å². The minimum absolute atomic E-state index is 0.0891. The van der Waals surface area contributed by atoms with Gasteiger partial charge in [-0.1, -0.05) is 13.8 Å². The molecule has 2 rings (SSSR count). The molecule has 0 saturated carbocycles. The van der Waals surface area contributed by atoms with Gasteiger partial charge in [0.15, 0.2) is 0 Å². The van der Waals surface area contributed by atoms with Gasteiger partial charge in [0.2, 0.25) is 0 Å². The molecule has 0 radical (unpaired) electrons. The van der Waals surface area contributed by atoms with E-state index in [2.05, 4.69) is 5.10 Å². The van der Waals surface area contributed by atoms with Crippen molar-refractivity contribution in [1.29, 1.82) is 0 Å². The number of hydrogen-bond donors (Lipinski definition) is 0. The normalized spacial score (nSPS) is 19.8. The van der Waals surface area contributed by atoms with Crippen LogP contribution in [-0.4, -0.2) is 35.0 Å². The van der Waals surface area contributed by atoms with E-state index < -0.39 is 12.0 Å². The number of ether oxygens (including phenoxy) is 1. The lowest BCUT2D eigenvalue weighted by Crippen LogP contribution is -2.26. The van der Waals surface area contributed by atoms with Crippen molar-refractivity contribution in [2.75, 3.05) is 13.2 Å². The van der Waals surface area contributed by atoms with Crippen LogP contribution in [0.4, 0.5) is 13.2 Å². The average Bonchev–Trinajstić information content (AvgIpc) is 2.84. The largest absolute Gasteiger partial charge is 0.455 e. The maximum atomic E-state index is 12.8. The molecule has 4 nitrogen and oxygen atoms in total. The van der Waals surface area contributed by atoms with Gasteiger partial charge in [-0.25, -0.2) is 0 Å². The number of aryl methyl sites for hydroxylation is 1. The van der Waals surface area contributed by atoms with Crippen molar-refractivity contribution in [3.8, 4) is 0 Å². The van der Waals surface area contributed by atoms with E-state index in [1.165, 1.54) is 0 Å². The third kappa shape index (κ3) is 3.12. The van der Waals surface area contributed by atoms with Crippen LogP contribution in [0, 0.1) is 0 Å². The fraction of sp³-hybridized carbons (Fsp3) is 0.714. The van der Waals surface area contributed by atoms with Crippen LogP contribution in [0.1, 0.15) is 54.5 Å². The molecule has 0 amide bonds. The Kier molecular flexibility index (Phi) is 4.70. The van der Waals surface area contributed by atoms with Gasteiger partial charge in [0.05, 0.1) is 29.6 Å². The first-order valence-corrected chi connectivity index (χ1v) is 7.19. The first-order chi connectivity index (χ1) is 9.90. The van der Waals surface area contributed by atoms with E-state index in [4.69, 9.17) is 4.74 Å². The smallest absolute Gasteiger partial charge is 0.379 e. The molecule has 21 heavy (non-hydrogen) atoms. The number of carbonyl (C=O) groups excluding carboxylic acids is 1. The van der Waals surface area contributed by atoms with E-state index in [0.717, 1.165) is 12.8 Å². The van der Waals surface area contributed by atoms with E-state index in [-0.39, 0.29) is 17.3 Å². The van der Waals surface area contributed by atoms with Crippen molar-refractivity contribution >= 4 is 5.78 Å². The van der Waals surface area contributed by atoms with Crippen LogP contribution >= 0.6 is 0 Å². The lowest BCUT2D eigenvalue weighted by Gasteiger charge is -2.24. The Morgan fingerprint density at radius 2 is 2.10 bits per heavy atom. The Labute approximate surface area is 121 Å². The summed E-state index contributed by atoms with van der Waals surface area (Å²) in [5.41, 5.74) is 0.322. The predicted molar refractivity (Wildman–Crippen MR) is 70.5 cm³/mol. The van der Waals surface area contributed by atoms with E-state index in [1.54, 1.807) is 18.5 Å². The highest BCUT2D eigenvalue weighted by Crippen LogP contribution is 2.30. The second-order valence-corrected chi connectivity index (χ2v) is 5.12. The summed E-state index contributed by atoms with van der Waals surface area (Å²) in [6, 6.07) is -0.0891. The van der Waals surface area contributed by atoms with E-state index in [0.29, 0.717) is 31.7 Å². The number of nitrogens with zero attached hydrogens (tertiary/aromatic N) is 2. The Bertz CT molecular complexity index is 517. The summed E-state index contributed by atoms with van der Waals surface area (Å²) in [6.07, 6.45) is -2.59. The van der Waals surface area contributed by atoms with Crippen LogP contribution in [0.2, 0.25) is 0 Å². The highest BCUT2D eigenvalue weighted by molar-refractivity contribution is 6.02. The van der Waals surface area contributed by atoms with E-state index >= 15 is 0 Å². The molecule has 118 valence electrons. The monoisotopic (exact) mass is 304 g/mol. The third-order valence-corrected chi connectivity index (χ3v) is 3.72. The number of alkyl halides is 3. The fourth-order valence-electron chi connectivity index (χ4n) is 2.73. The number of carbonyl (C=O) groups is 1. The maximum Gasteiger partial charge on any atom is 0.455 e. The molecule has 1 aliphatic rings. The molecular formula is C14H19F3N2O2. The average molecular weight is 304 g/mol. The van der Waals surface area contributed by atoms with Gasteiger partial charge in [-0.3, -0.25) is 9.48 Å². The van der Waals surface area contributed by atoms with Gasteiger partial charge in [0, 0.05) is 6.61 Å².